The molecule has 4 N–H and O–H groups in total. The smallest absolute Gasteiger partial charge is 0.252 e. The molecule has 0 saturated carbocycles. The van der Waals surface area contributed by atoms with Gasteiger partial charge in [-0.15, -0.1) is 10.2 Å². The fraction of sp³-hybridized carbons (Fsp3) is 0.200. The second-order valence-electron chi connectivity index (χ2n) is 8.15. The maximum absolute atomic E-state index is 12.0. The quantitative estimate of drug-likeness (QED) is 0.327. The molecule has 2 atom stereocenters. The first-order chi connectivity index (χ1) is 16.5. The molecule has 1 aliphatic heterocycles. The van der Waals surface area contributed by atoms with E-state index in [-0.39, 0.29) is 24.6 Å². The van der Waals surface area contributed by atoms with E-state index in [0.29, 0.717) is 34.4 Å². The van der Waals surface area contributed by atoms with Crippen molar-refractivity contribution in [1.82, 2.24) is 20.5 Å². The molecule has 4 aromatic rings. The summed E-state index contributed by atoms with van der Waals surface area (Å²) in [5.74, 6) is 1.30. The Morgan fingerprint density at radius 1 is 1.12 bits per heavy atom. The van der Waals surface area contributed by atoms with Gasteiger partial charge < -0.3 is 25.5 Å². The summed E-state index contributed by atoms with van der Waals surface area (Å²) in [7, 11) is 0. The van der Waals surface area contributed by atoms with Gasteiger partial charge in [-0.05, 0) is 36.2 Å². The molecule has 0 bridgehead atoms. The number of aliphatic hydroxyl groups is 1. The number of aromatic nitrogens is 3. The predicted octanol–water partition coefficient (Wildman–Crippen LogP) is 4.13. The van der Waals surface area contributed by atoms with Crippen molar-refractivity contribution in [2.24, 2.45) is 0 Å². The van der Waals surface area contributed by atoms with Crippen LogP contribution in [0.5, 0.6) is 0 Å². The molecule has 5 rings (SSSR count). The van der Waals surface area contributed by atoms with Crippen LogP contribution < -0.4 is 16.0 Å². The van der Waals surface area contributed by atoms with Gasteiger partial charge in [-0.3, -0.25) is 4.79 Å². The molecule has 1 unspecified atom stereocenters. The maximum Gasteiger partial charge on any atom is 0.252 e. The van der Waals surface area contributed by atoms with Crippen LogP contribution in [0.15, 0.2) is 65.2 Å². The lowest BCUT2D eigenvalue weighted by Gasteiger charge is -2.20. The number of carbonyl (C=O) groups excluding carboxylic acids is 1. The van der Waals surface area contributed by atoms with Crippen molar-refractivity contribution in [3.63, 3.8) is 0 Å². The van der Waals surface area contributed by atoms with E-state index in [1.807, 2.05) is 61.5 Å². The zero-order valence-electron chi connectivity index (χ0n) is 18.7. The summed E-state index contributed by atoms with van der Waals surface area (Å²) < 4.78 is 5.64. The van der Waals surface area contributed by atoms with Crippen molar-refractivity contribution >= 4 is 23.1 Å². The van der Waals surface area contributed by atoms with Crippen LogP contribution >= 0.6 is 0 Å². The van der Waals surface area contributed by atoms with Crippen molar-refractivity contribution < 1.29 is 14.3 Å². The number of hydrogen-bond donors (Lipinski definition) is 4. The van der Waals surface area contributed by atoms with Gasteiger partial charge in [0.25, 0.3) is 11.8 Å². The summed E-state index contributed by atoms with van der Waals surface area (Å²) >= 11 is 0. The van der Waals surface area contributed by atoms with Gasteiger partial charge >= 0.3 is 0 Å². The fourth-order valence-electron chi connectivity index (χ4n) is 4.03. The number of pyridine rings is 1. The Hall–Kier alpha value is -4.24. The molecule has 9 heteroatoms. The van der Waals surface area contributed by atoms with Crippen molar-refractivity contribution in [3.8, 4) is 11.5 Å². The largest absolute Gasteiger partial charge is 0.421 e. The summed E-state index contributed by atoms with van der Waals surface area (Å²) in [4.78, 5) is 16.5. The SMILES string of the molecule is Cc1nnc(-c2cnc(Nc3ccc4c(c3)C(C)NC4=O)cc2N[C@H](CO)c2ccccc2)o1. The highest BCUT2D eigenvalue weighted by Crippen LogP contribution is 2.33. The van der Waals surface area contributed by atoms with Crippen LogP contribution in [-0.2, 0) is 0 Å². The van der Waals surface area contributed by atoms with Gasteiger partial charge in [0.2, 0.25) is 5.89 Å². The summed E-state index contributed by atoms with van der Waals surface area (Å²) in [5, 5.41) is 27.7. The van der Waals surface area contributed by atoms with Gasteiger partial charge in [-0.25, -0.2) is 4.98 Å². The number of anilines is 3. The third kappa shape index (κ3) is 4.20. The molecule has 0 saturated heterocycles. The zero-order valence-corrected chi connectivity index (χ0v) is 18.7. The molecule has 1 aliphatic rings. The Bertz CT molecular complexity index is 1340. The fourth-order valence-corrected chi connectivity index (χ4v) is 4.03. The second-order valence-corrected chi connectivity index (χ2v) is 8.15. The Labute approximate surface area is 196 Å². The van der Waals surface area contributed by atoms with Gasteiger partial charge in [0.1, 0.15) is 5.82 Å². The number of carbonyl (C=O) groups is 1. The molecule has 3 heterocycles. The molecule has 0 aliphatic carbocycles. The Kier molecular flexibility index (Phi) is 5.69. The lowest BCUT2D eigenvalue weighted by atomic mass is 10.0. The van der Waals surface area contributed by atoms with Gasteiger partial charge in [0.15, 0.2) is 0 Å². The first-order valence-electron chi connectivity index (χ1n) is 11.0. The second kappa shape index (κ2) is 8.95. The Morgan fingerprint density at radius 3 is 2.68 bits per heavy atom. The van der Waals surface area contributed by atoms with E-state index >= 15 is 0 Å². The Morgan fingerprint density at radius 2 is 1.94 bits per heavy atom. The van der Waals surface area contributed by atoms with Crippen LogP contribution in [0.4, 0.5) is 17.2 Å². The molecular formula is C25H24N6O3. The topological polar surface area (TPSA) is 125 Å². The lowest BCUT2D eigenvalue weighted by Crippen LogP contribution is -2.16. The van der Waals surface area contributed by atoms with Crippen LogP contribution in [0.3, 0.4) is 0 Å². The highest BCUT2D eigenvalue weighted by Gasteiger charge is 2.25. The maximum atomic E-state index is 12.0. The molecule has 1 amide bonds. The van der Waals surface area contributed by atoms with E-state index in [4.69, 9.17) is 4.42 Å². The first kappa shape index (κ1) is 21.6. The number of amides is 1. The number of aliphatic hydroxyl groups excluding tert-OH is 1. The normalized spacial score (nSPS) is 15.5. The van der Waals surface area contributed by atoms with Crippen LogP contribution in [-0.4, -0.2) is 32.8 Å². The highest BCUT2D eigenvalue weighted by atomic mass is 16.4. The van der Waals surface area contributed by atoms with E-state index in [9.17, 15) is 9.90 Å². The number of aryl methyl sites for hydroxylation is 1. The third-order valence-corrected chi connectivity index (χ3v) is 5.76. The summed E-state index contributed by atoms with van der Waals surface area (Å²) in [6.45, 7) is 3.57. The summed E-state index contributed by atoms with van der Waals surface area (Å²) in [6, 6.07) is 16.7. The minimum Gasteiger partial charge on any atom is -0.421 e. The van der Waals surface area contributed by atoms with Crippen LogP contribution in [0.2, 0.25) is 0 Å². The molecule has 0 spiro atoms. The number of hydrogen-bond acceptors (Lipinski definition) is 8. The van der Waals surface area contributed by atoms with E-state index in [2.05, 4.69) is 31.1 Å². The molecule has 0 radical (unpaired) electrons. The molecular weight excluding hydrogens is 432 g/mol. The molecule has 0 fully saturated rings. The molecule has 172 valence electrons. The minimum atomic E-state index is -0.350. The first-order valence-corrected chi connectivity index (χ1v) is 11.0. The molecule has 2 aromatic carbocycles. The van der Waals surface area contributed by atoms with Crippen LogP contribution in [0.1, 0.15) is 46.4 Å². The number of nitrogens with zero attached hydrogens (tertiary/aromatic N) is 3. The summed E-state index contributed by atoms with van der Waals surface area (Å²) in [5.41, 5.74) is 4.67. The highest BCUT2D eigenvalue weighted by molar-refractivity contribution is 5.99. The molecule has 9 nitrogen and oxygen atoms in total. The number of fused-ring (bicyclic) bond motifs is 1. The van der Waals surface area contributed by atoms with E-state index < -0.39 is 0 Å². The lowest BCUT2D eigenvalue weighted by molar-refractivity contribution is 0.0958. The van der Waals surface area contributed by atoms with Gasteiger partial charge in [-0.2, -0.15) is 0 Å². The number of rotatable bonds is 7. The van der Waals surface area contributed by atoms with Gasteiger partial charge in [0, 0.05) is 30.4 Å². The average Bonchev–Trinajstić information content (AvgIpc) is 3.40. The molecule has 34 heavy (non-hydrogen) atoms. The minimum absolute atomic E-state index is 0.0474. The zero-order chi connectivity index (χ0) is 23.7. The Balaban J connectivity index is 1.49. The van der Waals surface area contributed by atoms with Gasteiger partial charge in [0.05, 0.1) is 29.9 Å². The number of benzene rings is 2. The van der Waals surface area contributed by atoms with E-state index in [1.165, 1.54) is 0 Å². The van der Waals surface area contributed by atoms with Crippen molar-refractivity contribution in [2.75, 3.05) is 17.2 Å². The van der Waals surface area contributed by atoms with Crippen molar-refractivity contribution in [2.45, 2.75) is 25.9 Å². The third-order valence-electron chi connectivity index (χ3n) is 5.76. The van der Waals surface area contributed by atoms with Crippen molar-refractivity contribution in [3.05, 3.63) is 83.4 Å². The van der Waals surface area contributed by atoms with Crippen LogP contribution in [0.25, 0.3) is 11.5 Å². The predicted molar refractivity (Wildman–Crippen MR) is 128 cm³/mol. The standard InChI is InChI=1S/C25H24N6O3/c1-14-19-10-17(8-9-18(19)24(33)27-14)28-23-11-21(20(12-26-23)25-31-30-15(2)34-25)29-22(13-32)16-6-4-3-5-7-16/h3-12,14,22,32H,13H2,1-2H3,(H,27,33)(H2,26,28,29)/t14?,22-/m1/s1. The summed E-state index contributed by atoms with van der Waals surface area (Å²) in [6.07, 6.45) is 1.65. The van der Waals surface area contributed by atoms with Crippen molar-refractivity contribution in [1.29, 1.82) is 0 Å². The van der Waals surface area contributed by atoms with Gasteiger partial charge in [-0.1, -0.05) is 30.3 Å². The molecule has 2 aromatic heterocycles. The van der Waals surface area contributed by atoms with E-state index in [1.54, 1.807) is 13.1 Å². The van der Waals surface area contributed by atoms with E-state index in [0.717, 1.165) is 16.8 Å². The van der Waals surface area contributed by atoms with Crippen LogP contribution in [0, 0.1) is 6.92 Å². The monoisotopic (exact) mass is 456 g/mol. The average molecular weight is 457 g/mol. The number of nitrogens with one attached hydrogen (secondary N) is 3.